The van der Waals surface area contributed by atoms with Gasteiger partial charge in [-0.2, -0.15) is 0 Å². The molecule has 9 heteroatoms. The average Bonchev–Trinajstić information content (AvgIpc) is 3.16. The zero-order chi connectivity index (χ0) is 22.7. The summed E-state index contributed by atoms with van der Waals surface area (Å²) in [5.74, 6) is 0.679. The van der Waals surface area contributed by atoms with Crippen molar-refractivity contribution in [2.75, 3.05) is 32.8 Å². The predicted octanol–water partition coefficient (Wildman–Crippen LogP) is 1.93. The first-order valence-corrected chi connectivity index (χ1v) is 11.2. The lowest BCUT2D eigenvalue weighted by Crippen LogP contribution is -2.37. The number of carbonyl (C=O) groups excluding carboxylic acids is 2. The fraction of sp³-hybridized carbons (Fsp3) is 0.565. The highest BCUT2D eigenvalue weighted by molar-refractivity contribution is 6.06. The number of nitrogens with one attached hydrogen (secondary N) is 1. The SMILES string of the molecule is Cc1oc2ncn(C)c(=O)c2c1C(=O)NCC1=CCN(C(=O)CCC2CCCOC2)CC1. The number of hydrogen-bond acceptors (Lipinski definition) is 6. The fourth-order valence-corrected chi connectivity index (χ4v) is 4.36. The van der Waals surface area contributed by atoms with Gasteiger partial charge in [0.25, 0.3) is 11.5 Å². The lowest BCUT2D eigenvalue weighted by Gasteiger charge is -2.28. The van der Waals surface area contributed by atoms with Crippen molar-refractivity contribution in [3.8, 4) is 0 Å². The van der Waals surface area contributed by atoms with Crippen LogP contribution < -0.4 is 10.9 Å². The Morgan fingerprint density at radius 1 is 1.34 bits per heavy atom. The van der Waals surface area contributed by atoms with Crippen molar-refractivity contribution in [2.24, 2.45) is 13.0 Å². The Kier molecular flexibility index (Phi) is 6.74. The quantitative estimate of drug-likeness (QED) is 0.685. The summed E-state index contributed by atoms with van der Waals surface area (Å²) in [6.45, 7) is 4.84. The molecule has 0 saturated carbocycles. The highest BCUT2D eigenvalue weighted by Gasteiger charge is 2.24. The van der Waals surface area contributed by atoms with Crippen molar-refractivity contribution in [3.05, 3.63) is 39.7 Å². The number of nitrogens with zero attached hydrogens (tertiary/aromatic N) is 3. The van der Waals surface area contributed by atoms with Crippen LogP contribution in [0, 0.1) is 12.8 Å². The molecule has 1 saturated heterocycles. The summed E-state index contributed by atoms with van der Waals surface area (Å²) in [6, 6.07) is 0. The Balaban J connectivity index is 1.31. The van der Waals surface area contributed by atoms with Crippen LogP contribution in [0.5, 0.6) is 0 Å². The van der Waals surface area contributed by atoms with Crippen molar-refractivity contribution in [3.63, 3.8) is 0 Å². The maximum absolute atomic E-state index is 12.8. The van der Waals surface area contributed by atoms with Gasteiger partial charge in [-0.25, -0.2) is 4.98 Å². The van der Waals surface area contributed by atoms with E-state index in [9.17, 15) is 14.4 Å². The summed E-state index contributed by atoms with van der Waals surface area (Å²) < 4.78 is 12.3. The zero-order valence-corrected chi connectivity index (χ0v) is 18.7. The maximum Gasteiger partial charge on any atom is 0.265 e. The second-order valence-electron chi connectivity index (χ2n) is 8.63. The van der Waals surface area contributed by atoms with E-state index in [-0.39, 0.29) is 34.0 Å². The molecule has 2 aliphatic heterocycles. The van der Waals surface area contributed by atoms with Crippen LogP contribution in [-0.2, 0) is 16.6 Å². The molecule has 32 heavy (non-hydrogen) atoms. The Bertz CT molecular complexity index is 1090. The van der Waals surface area contributed by atoms with Crippen molar-refractivity contribution >= 4 is 22.9 Å². The zero-order valence-electron chi connectivity index (χ0n) is 18.7. The topological polar surface area (TPSA) is 107 Å². The van der Waals surface area contributed by atoms with E-state index < -0.39 is 0 Å². The Morgan fingerprint density at radius 3 is 2.91 bits per heavy atom. The van der Waals surface area contributed by atoms with Crippen LogP contribution in [0.15, 0.2) is 27.2 Å². The lowest BCUT2D eigenvalue weighted by atomic mass is 9.96. The van der Waals surface area contributed by atoms with Crippen LogP contribution >= 0.6 is 0 Å². The van der Waals surface area contributed by atoms with Crippen molar-refractivity contribution in [1.29, 1.82) is 0 Å². The smallest absolute Gasteiger partial charge is 0.265 e. The minimum Gasteiger partial charge on any atom is -0.442 e. The van der Waals surface area contributed by atoms with E-state index in [1.807, 2.05) is 11.0 Å². The Hall–Kier alpha value is -2.94. The number of ether oxygens (including phenoxy) is 1. The molecule has 0 aliphatic carbocycles. The molecule has 0 spiro atoms. The van der Waals surface area contributed by atoms with Crippen molar-refractivity contribution < 1.29 is 18.7 Å². The van der Waals surface area contributed by atoms with E-state index in [2.05, 4.69) is 10.3 Å². The monoisotopic (exact) mass is 442 g/mol. The molecule has 4 heterocycles. The molecule has 0 aromatic carbocycles. The largest absolute Gasteiger partial charge is 0.442 e. The van der Waals surface area contributed by atoms with Crippen LogP contribution in [0.25, 0.3) is 11.1 Å². The standard InChI is InChI=1S/C23H30N4O5/c1-15-19(20-22(32-15)25-14-26(2)23(20)30)21(29)24-12-16-7-9-27(10-8-16)18(28)6-5-17-4-3-11-31-13-17/h7,14,17H,3-6,8-13H2,1-2H3,(H,24,29). The number of hydrogen-bond donors (Lipinski definition) is 1. The van der Waals surface area contributed by atoms with Crippen LogP contribution in [0.1, 0.15) is 48.2 Å². The minimum absolute atomic E-state index is 0.168. The van der Waals surface area contributed by atoms with E-state index in [1.54, 1.807) is 14.0 Å². The molecule has 2 aromatic rings. The van der Waals surface area contributed by atoms with E-state index >= 15 is 0 Å². The van der Waals surface area contributed by atoms with E-state index in [0.717, 1.165) is 38.0 Å². The van der Waals surface area contributed by atoms with Gasteiger partial charge in [0.1, 0.15) is 17.5 Å². The first-order valence-electron chi connectivity index (χ1n) is 11.2. The molecule has 172 valence electrons. The van der Waals surface area contributed by atoms with Gasteiger partial charge < -0.3 is 23.9 Å². The number of furan rings is 1. The average molecular weight is 443 g/mol. The summed E-state index contributed by atoms with van der Waals surface area (Å²) >= 11 is 0. The Labute approximate surface area is 186 Å². The van der Waals surface area contributed by atoms with E-state index in [0.29, 0.717) is 44.2 Å². The van der Waals surface area contributed by atoms with Gasteiger partial charge >= 0.3 is 0 Å². The third kappa shape index (κ3) is 4.77. The third-order valence-electron chi connectivity index (χ3n) is 6.33. The summed E-state index contributed by atoms with van der Waals surface area (Å²) in [5.41, 5.74) is 1.15. The molecular weight excluding hydrogens is 412 g/mol. The molecule has 2 amide bonds. The second kappa shape index (κ2) is 9.68. The van der Waals surface area contributed by atoms with Gasteiger partial charge in [0.05, 0.1) is 5.56 Å². The first kappa shape index (κ1) is 22.3. The number of rotatable bonds is 6. The lowest BCUT2D eigenvalue weighted by molar-refractivity contribution is -0.131. The van der Waals surface area contributed by atoms with Gasteiger partial charge in [-0.15, -0.1) is 0 Å². The molecule has 2 aromatic heterocycles. The second-order valence-corrected chi connectivity index (χ2v) is 8.63. The fourth-order valence-electron chi connectivity index (χ4n) is 4.36. The molecular formula is C23H30N4O5. The van der Waals surface area contributed by atoms with Crippen LogP contribution in [0.2, 0.25) is 0 Å². The number of aryl methyl sites for hydroxylation is 2. The molecule has 0 bridgehead atoms. The summed E-state index contributed by atoms with van der Waals surface area (Å²) in [7, 11) is 1.58. The molecule has 0 radical (unpaired) electrons. The Morgan fingerprint density at radius 2 is 2.19 bits per heavy atom. The van der Waals surface area contributed by atoms with Crippen molar-refractivity contribution in [2.45, 2.75) is 39.0 Å². The minimum atomic E-state index is -0.361. The molecule has 9 nitrogen and oxygen atoms in total. The number of carbonyl (C=O) groups is 2. The highest BCUT2D eigenvalue weighted by Crippen LogP contribution is 2.22. The van der Waals surface area contributed by atoms with Gasteiger partial charge in [-0.1, -0.05) is 11.6 Å². The molecule has 1 fully saturated rings. The van der Waals surface area contributed by atoms with Crippen molar-refractivity contribution in [1.82, 2.24) is 19.8 Å². The van der Waals surface area contributed by atoms with E-state index in [1.165, 1.54) is 10.9 Å². The molecule has 1 N–H and O–H groups in total. The number of amides is 2. The summed E-state index contributed by atoms with van der Waals surface area (Å²) in [6.07, 6.45) is 7.76. The maximum atomic E-state index is 12.8. The van der Waals surface area contributed by atoms with Gasteiger partial charge in [-0.3, -0.25) is 14.4 Å². The molecule has 1 unspecified atom stereocenters. The molecule has 4 rings (SSSR count). The van der Waals surface area contributed by atoms with Crippen LogP contribution in [-0.4, -0.2) is 59.1 Å². The number of fused-ring (bicyclic) bond motifs is 1. The highest BCUT2D eigenvalue weighted by atomic mass is 16.5. The molecule has 1 atom stereocenters. The van der Waals surface area contributed by atoms with E-state index in [4.69, 9.17) is 9.15 Å². The van der Waals surface area contributed by atoms with Gasteiger partial charge in [-0.05, 0) is 38.5 Å². The van der Waals surface area contributed by atoms with Crippen LogP contribution in [0.3, 0.4) is 0 Å². The van der Waals surface area contributed by atoms with Gasteiger partial charge in [0, 0.05) is 46.3 Å². The molecule has 2 aliphatic rings. The summed E-state index contributed by atoms with van der Waals surface area (Å²) in [4.78, 5) is 43.7. The first-order chi connectivity index (χ1) is 15.4. The summed E-state index contributed by atoms with van der Waals surface area (Å²) in [5, 5.41) is 3.08. The van der Waals surface area contributed by atoms with Gasteiger partial charge in [0.15, 0.2) is 0 Å². The van der Waals surface area contributed by atoms with Gasteiger partial charge in [0.2, 0.25) is 11.6 Å². The third-order valence-corrected chi connectivity index (χ3v) is 6.33. The number of aromatic nitrogens is 2. The predicted molar refractivity (Wildman–Crippen MR) is 118 cm³/mol. The normalized spacial score (nSPS) is 19.1. The van der Waals surface area contributed by atoms with Crippen LogP contribution in [0.4, 0.5) is 0 Å².